The van der Waals surface area contributed by atoms with Crippen molar-refractivity contribution in [2.75, 3.05) is 7.11 Å². The van der Waals surface area contributed by atoms with E-state index < -0.39 is 5.60 Å². The third kappa shape index (κ3) is 4.58. The Morgan fingerprint density at radius 3 is 2.42 bits per heavy atom. The van der Waals surface area contributed by atoms with Crippen molar-refractivity contribution in [1.29, 1.82) is 0 Å². The Morgan fingerprint density at radius 1 is 1.08 bits per heavy atom. The number of benzene rings is 2. The number of aryl methyl sites for hydroxylation is 1. The Morgan fingerprint density at radius 2 is 1.77 bits per heavy atom. The Balaban J connectivity index is 2.17. The van der Waals surface area contributed by atoms with Gasteiger partial charge in [-0.05, 0) is 87.1 Å². The van der Waals surface area contributed by atoms with Crippen LogP contribution in [0.15, 0.2) is 30.3 Å². The minimum atomic E-state index is -1.04. The van der Waals surface area contributed by atoms with Gasteiger partial charge in [0.15, 0.2) is 0 Å². The van der Waals surface area contributed by atoms with Gasteiger partial charge in [0.25, 0.3) is 0 Å². The van der Waals surface area contributed by atoms with E-state index >= 15 is 0 Å². The summed E-state index contributed by atoms with van der Waals surface area (Å²) in [6, 6.07) is 6.34. The number of ether oxygens (including phenoxy) is 1. The van der Waals surface area contributed by atoms with E-state index in [1.54, 1.807) is 26.2 Å². The Hall–Kier alpha value is -2.46. The summed E-state index contributed by atoms with van der Waals surface area (Å²) in [6.07, 6.45) is 4.55. The Kier molecular flexibility index (Phi) is 5.98. The molecule has 0 bridgehead atoms. The number of methoxy groups -OCH3 is 1. The minimum absolute atomic E-state index is 0.0623. The first kappa shape index (κ1) is 19.9. The number of aliphatic hydroxyl groups is 1. The normalized spacial score (nSPS) is 13.8. The van der Waals surface area contributed by atoms with Crippen LogP contribution < -0.4 is 4.74 Å². The summed E-state index contributed by atoms with van der Waals surface area (Å²) < 4.78 is 5.41. The molecule has 26 heavy (non-hydrogen) atoms. The van der Waals surface area contributed by atoms with Crippen LogP contribution in [0.4, 0.5) is 0 Å². The zero-order valence-corrected chi connectivity index (χ0v) is 16.1. The van der Waals surface area contributed by atoms with E-state index in [0.717, 1.165) is 23.3 Å². The minimum Gasteiger partial charge on any atom is -0.508 e. The van der Waals surface area contributed by atoms with Crippen molar-refractivity contribution < 1.29 is 20.1 Å². The summed E-state index contributed by atoms with van der Waals surface area (Å²) in [5.41, 5.74) is 4.11. The molecule has 0 aliphatic rings. The monoisotopic (exact) mass is 356 g/mol. The van der Waals surface area contributed by atoms with Crippen LogP contribution in [0.5, 0.6) is 17.2 Å². The van der Waals surface area contributed by atoms with Gasteiger partial charge in [0.05, 0.1) is 12.7 Å². The van der Waals surface area contributed by atoms with Gasteiger partial charge in [0.2, 0.25) is 0 Å². The molecule has 0 amide bonds. The molecule has 1 atom stereocenters. The van der Waals surface area contributed by atoms with E-state index in [1.165, 1.54) is 29.3 Å². The van der Waals surface area contributed by atoms with Crippen LogP contribution in [0.3, 0.4) is 0 Å². The molecule has 4 nitrogen and oxygen atoms in total. The smallest absolute Gasteiger partial charge is 0.123 e. The highest BCUT2D eigenvalue weighted by Crippen LogP contribution is 2.30. The topological polar surface area (TPSA) is 69.9 Å². The van der Waals surface area contributed by atoms with Gasteiger partial charge in [0.1, 0.15) is 17.2 Å². The first-order valence-electron chi connectivity index (χ1n) is 8.72. The molecule has 2 rings (SSSR count). The van der Waals surface area contributed by atoms with Gasteiger partial charge in [-0.25, -0.2) is 0 Å². The quantitative estimate of drug-likeness (QED) is 0.670. The van der Waals surface area contributed by atoms with Crippen molar-refractivity contribution in [3.63, 3.8) is 0 Å². The number of hydrogen-bond donors (Lipinski definition) is 3. The van der Waals surface area contributed by atoms with E-state index in [2.05, 4.69) is 13.8 Å². The second kappa shape index (κ2) is 7.83. The van der Waals surface area contributed by atoms with E-state index in [4.69, 9.17) is 4.74 Å². The van der Waals surface area contributed by atoms with E-state index in [9.17, 15) is 15.3 Å². The highest BCUT2D eigenvalue weighted by atomic mass is 16.5. The Labute approximate surface area is 155 Å². The summed E-state index contributed by atoms with van der Waals surface area (Å²) in [4.78, 5) is 0. The molecule has 4 heteroatoms. The zero-order chi connectivity index (χ0) is 19.5. The number of hydrogen-bond acceptors (Lipinski definition) is 4. The molecular formula is C22H28O4. The summed E-state index contributed by atoms with van der Waals surface area (Å²) in [5.74, 6) is 1.02. The van der Waals surface area contributed by atoms with Crippen molar-refractivity contribution in [3.05, 3.63) is 58.2 Å². The van der Waals surface area contributed by atoms with Gasteiger partial charge in [-0.15, -0.1) is 0 Å². The maximum absolute atomic E-state index is 10.7. The summed E-state index contributed by atoms with van der Waals surface area (Å²) in [7, 11) is 1.67. The van der Waals surface area contributed by atoms with Crippen LogP contribution in [0.25, 0.3) is 6.08 Å². The lowest BCUT2D eigenvalue weighted by Crippen LogP contribution is -2.22. The third-order valence-corrected chi connectivity index (χ3v) is 4.94. The highest BCUT2D eigenvalue weighted by molar-refractivity contribution is 5.59. The van der Waals surface area contributed by atoms with E-state index in [0.29, 0.717) is 12.0 Å². The molecule has 2 aromatic rings. The summed E-state index contributed by atoms with van der Waals surface area (Å²) in [5, 5.41) is 30.1. The predicted octanol–water partition coefficient (Wildman–Crippen LogP) is 4.43. The molecule has 0 saturated carbocycles. The molecule has 1 unspecified atom stereocenters. The Bertz CT molecular complexity index is 819. The standard InChI is InChI=1S/C22H28O4/c1-14-12-21(26-5)16(3)15(2)19(14)9-11-22(4,25)10-8-17-13-18(23)6-7-20(17)24/h6-8,10,12-13,23-25H,9,11H2,1-5H3. The van der Waals surface area contributed by atoms with Gasteiger partial charge < -0.3 is 20.1 Å². The highest BCUT2D eigenvalue weighted by Gasteiger charge is 2.19. The fraction of sp³-hybridized carbons (Fsp3) is 0.364. The lowest BCUT2D eigenvalue weighted by molar-refractivity contribution is 0.103. The van der Waals surface area contributed by atoms with Crippen molar-refractivity contribution in [2.45, 2.75) is 46.1 Å². The molecule has 0 aliphatic heterocycles. The average molecular weight is 356 g/mol. The molecule has 2 aromatic carbocycles. The number of phenolic OH excluding ortho intramolecular Hbond substituents is 2. The number of rotatable bonds is 6. The lowest BCUT2D eigenvalue weighted by atomic mass is 9.89. The number of phenols is 2. The van der Waals surface area contributed by atoms with Gasteiger partial charge in [-0.1, -0.05) is 12.2 Å². The van der Waals surface area contributed by atoms with Crippen LogP contribution in [-0.4, -0.2) is 28.0 Å². The first-order chi connectivity index (χ1) is 12.1. The maximum Gasteiger partial charge on any atom is 0.123 e. The molecule has 0 spiro atoms. The molecule has 0 aromatic heterocycles. The second-order valence-corrected chi connectivity index (χ2v) is 7.06. The molecule has 0 saturated heterocycles. The van der Waals surface area contributed by atoms with Crippen LogP contribution in [0.2, 0.25) is 0 Å². The fourth-order valence-electron chi connectivity index (χ4n) is 3.10. The lowest BCUT2D eigenvalue weighted by Gasteiger charge is -2.22. The largest absolute Gasteiger partial charge is 0.508 e. The van der Waals surface area contributed by atoms with Crippen LogP contribution >= 0.6 is 0 Å². The third-order valence-electron chi connectivity index (χ3n) is 4.94. The summed E-state index contributed by atoms with van der Waals surface area (Å²) in [6.45, 7) is 7.92. The average Bonchev–Trinajstić information content (AvgIpc) is 2.58. The van der Waals surface area contributed by atoms with Gasteiger partial charge in [-0.2, -0.15) is 0 Å². The molecule has 0 radical (unpaired) electrons. The summed E-state index contributed by atoms with van der Waals surface area (Å²) >= 11 is 0. The molecular weight excluding hydrogens is 328 g/mol. The fourth-order valence-corrected chi connectivity index (χ4v) is 3.10. The molecule has 0 heterocycles. The van der Waals surface area contributed by atoms with Gasteiger partial charge >= 0.3 is 0 Å². The van der Waals surface area contributed by atoms with Crippen LogP contribution in [-0.2, 0) is 6.42 Å². The SMILES string of the molecule is COc1cc(C)c(CCC(C)(O)C=Cc2cc(O)ccc2O)c(C)c1C. The van der Waals surface area contributed by atoms with Crippen molar-refractivity contribution >= 4 is 6.08 Å². The van der Waals surface area contributed by atoms with Crippen molar-refractivity contribution in [3.8, 4) is 17.2 Å². The molecule has 0 fully saturated rings. The molecule has 0 aliphatic carbocycles. The number of aromatic hydroxyl groups is 2. The zero-order valence-electron chi connectivity index (χ0n) is 16.1. The second-order valence-electron chi connectivity index (χ2n) is 7.06. The van der Waals surface area contributed by atoms with Gasteiger partial charge in [-0.3, -0.25) is 0 Å². The molecule has 3 N–H and O–H groups in total. The van der Waals surface area contributed by atoms with Crippen molar-refractivity contribution in [2.24, 2.45) is 0 Å². The maximum atomic E-state index is 10.7. The van der Waals surface area contributed by atoms with Crippen LogP contribution in [0, 0.1) is 20.8 Å². The van der Waals surface area contributed by atoms with E-state index in [1.807, 2.05) is 13.0 Å². The predicted molar refractivity (Wildman–Crippen MR) is 105 cm³/mol. The first-order valence-corrected chi connectivity index (χ1v) is 8.72. The van der Waals surface area contributed by atoms with Crippen LogP contribution in [0.1, 0.15) is 41.2 Å². The molecule has 140 valence electrons. The van der Waals surface area contributed by atoms with E-state index in [-0.39, 0.29) is 11.5 Å². The van der Waals surface area contributed by atoms with Gasteiger partial charge in [0, 0.05) is 5.56 Å². The van der Waals surface area contributed by atoms with Crippen molar-refractivity contribution in [1.82, 2.24) is 0 Å².